The summed E-state index contributed by atoms with van der Waals surface area (Å²) in [6.45, 7) is 3.41. The minimum absolute atomic E-state index is 0.697. The maximum Gasteiger partial charge on any atom is 0.186 e. The zero-order valence-corrected chi connectivity index (χ0v) is 7.64. The Hall–Kier alpha value is -1.96. The van der Waals surface area contributed by atoms with Gasteiger partial charge in [0.2, 0.25) is 0 Å². The zero-order valence-electron chi connectivity index (χ0n) is 7.64. The van der Waals surface area contributed by atoms with Crippen LogP contribution in [-0.4, -0.2) is 0 Å². The van der Waals surface area contributed by atoms with Gasteiger partial charge in [0.05, 0.1) is 0 Å². The van der Waals surface area contributed by atoms with Crippen LogP contribution in [0, 0.1) is 0 Å². The van der Waals surface area contributed by atoms with Crippen molar-refractivity contribution >= 4 is 10.8 Å². The van der Waals surface area contributed by atoms with Crippen molar-refractivity contribution in [3.63, 3.8) is 0 Å². The van der Waals surface area contributed by atoms with Crippen LogP contribution in [0.1, 0.15) is 0 Å². The molecule has 0 saturated carbocycles. The van der Waals surface area contributed by atoms with E-state index in [-0.39, 0.29) is 0 Å². The molecule has 0 N–H and O–H groups in total. The maximum atomic E-state index is 5.05. The van der Waals surface area contributed by atoms with Gasteiger partial charge in [-0.1, -0.05) is 43.0 Å². The molecule has 0 fully saturated rings. The lowest BCUT2D eigenvalue weighted by Gasteiger charge is -2.04. The summed E-state index contributed by atoms with van der Waals surface area (Å²) in [7, 11) is 0. The smallest absolute Gasteiger partial charge is 0.186 e. The average Bonchev–Trinajstić information content (AvgIpc) is 2.26. The molecular weight excluding hydrogens is 176 g/mol. The van der Waals surface area contributed by atoms with E-state index in [2.05, 4.69) is 6.58 Å². The van der Waals surface area contributed by atoms with Crippen LogP contribution in [0.15, 0.2) is 55.3 Å². The lowest BCUT2D eigenvalue weighted by Crippen LogP contribution is -1.89. The largest absolute Gasteiger partial charge is 0.299 e. The van der Waals surface area contributed by atoms with E-state index < -0.39 is 0 Å². The zero-order chi connectivity index (χ0) is 9.80. The lowest BCUT2D eigenvalue weighted by molar-refractivity contribution is -0.147. The molecule has 0 aliphatic rings. The number of benzene rings is 2. The third-order valence-corrected chi connectivity index (χ3v) is 1.96. The number of fused-ring (bicyclic) bond motifs is 1. The van der Waals surface area contributed by atoms with Gasteiger partial charge in [-0.25, -0.2) is 0 Å². The van der Waals surface area contributed by atoms with Gasteiger partial charge in [0, 0.05) is 5.39 Å². The maximum absolute atomic E-state index is 5.05. The van der Waals surface area contributed by atoms with E-state index in [1.807, 2.05) is 42.5 Å². The molecule has 2 aromatic carbocycles. The van der Waals surface area contributed by atoms with Crippen molar-refractivity contribution in [2.75, 3.05) is 0 Å². The number of hydrogen-bond donors (Lipinski definition) is 0. The highest BCUT2D eigenvalue weighted by atomic mass is 17.2. The van der Waals surface area contributed by atoms with Gasteiger partial charge in [0.15, 0.2) is 5.75 Å². The molecule has 2 heteroatoms. The van der Waals surface area contributed by atoms with E-state index in [9.17, 15) is 0 Å². The number of hydrogen-bond acceptors (Lipinski definition) is 2. The van der Waals surface area contributed by atoms with Crippen molar-refractivity contribution in [2.24, 2.45) is 0 Å². The predicted octanol–water partition coefficient (Wildman–Crippen LogP) is 3.29. The van der Waals surface area contributed by atoms with Crippen LogP contribution in [-0.2, 0) is 4.89 Å². The summed E-state index contributed by atoms with van der Waals surface area (Å²) in [6.07, 6.45) is 1.25. The molecular formula is C12H10O2. The average molecular weight is 186 g/mol. The third kappa shape index (κ3) is 1.55. The first-order chi connectivity index (χ1) is 6.92. The highest BCUT2D eigenvalue weighted by Crippen LogP contribution is 2.25. The minimum atomic E-state index is 0.697. The van der Waals surface area contributed by atoms with Crippen LogP contribution >= 0.6 is 0 Å². The standard InChI is InChI=1S/C12H10O2/c1-2-13-14-12-9-5-7-10-6-3-4-8-11(10)12/h2-9H,1H2. The van der Waals surface area contributed by atoms with E-state index in [0.29, 0.717) is 5.75 Å². The Morgan fingerprint density at radius 2 is 1.79 bits per heavy atom. The fourth-order valence-electron chi connectivity index (χ4n) is 1.35. The normalized spacial score (nSPS) is 9.71. The van der Waals surface area contributed by atoms with Crippen molar-refractivity contribution < 1.29 is 9.78 Å². The van der Waals surface area contributed by atoms with E-state index in [4.69, 9.17) is 9.78 Å². The van der Waals surface area contributed by atoms with Crippen molar-refractivity contribution in [1.29, 1.82) is 0 Å². The Kier molecular flexibility index (Phi) is 2.36. The first-order valence-electron chi connectivity index (χ1n) is 4.34. The summed E-state index contributed by atoms with van der Waals surface area (Å²) in [5.74, 6) is 0.697. The van der Waals surface area contributed by atoms with Gasteiger partial charge in [0.1, 0.15) is 6.26 Å². The molecule has 0 atom stereocenters. The Balaban J connectivity index is 2.48. The molecule has 0 heterocycles. The van der Waals surface area contributed by atoms with Crippen LogP contribution in [0.25, 0.3) is 10.8 Å². The van der Waals surface area contributed by atoms with Gasteiger partial charge < -0.3 is 0 Å². The lowest BCUT2D eigenvalue weighted by atomic mass is 10.1. The SMILES string of the molecule is C=COOc1cccc2ccccc12. The van der Waals surface area contributed by atoms with Crippen LogP contribution in [0.4, 0.5) is 0 Å². The predicted molar refractivity (Wildman–Crippen MR) is 55.9 cm³/mol. The molecule has 2 nitrogen and oxygen atoms in total. The second-order valence-electron chi connectivity index (χ2n) is 2.82. The minimum Gasteiger partial charge on any atom is -0.299 e. The van der Waals surface area contributed by atoms with Gasteiger partial charge in [-0.3, -0.25) is 9.78 Å². The fourth-order valence-corrected chi connectivity index (χ4v) is 1.35. The topological polar surface area (TPSA) is 18.5 Å². The van der Waals surface area contributed by atoms with Gasteiger partial charge >= 0.3 is 0 Å². The molecule has 2 aromatic rings. The molecule has 0 amide bonds. The van der Waals surface area contributed by atoms with Gasteiger partial charge in [-0.05, 0) is 11.5 Å². The molecule has 0 saturated heterocycles. The first kappa shape index (κ1) is 8.63. The summed E-state index contributed by atoms with van der Waals surface area (Å²) >= 11 is 0. The summed E-state index contributed by atoms with van der Waals surface area (Å²) in [4.78, 5) is 9.74. The Morgan fingerprint density at radius 3 is 2.64 bits per heavy atom. The third-order valence-electron chi connectivity index (χ3n) is 1.96. The van der Waals surface area contributed by atoms with E-state index in [1.54, 1.807) is 0 Å². The van der Waals surface area contributed by atoms with E-state index in [0.717, 1.165) is 10.8 Å². The fraction of sp³-hybridized carbons (Fsp3) is 0. The van der Waals surface area contributed by atoms with Gasteiger partial charge in [0.25, 0.3) is 0 Å². The summed E-state index contributed by atoms with van der Waals surface area (Å²) in [5, 5.41) is 2.15. The monoisotopic (exact) mass is 186 g/mol. The second-order valence-corrected chi connectivity index (χ2v) is 2.82. The highest BCUT2D eigenvalue weighted by molar-refractivity contribution is 5.88. The quantitative estimate of drug-likeness (QED) is 0.416. The van der Waals surface area contributed by atoms with Gasteiger partial charge in [-0.15, -0.1) is 0 Å². The van der Waals surface area contributed by atoms with Crippen LogP contribution in [0.3, 0.4) is 0 Å². The molecule has 0 aliphatic heterocycles. The Morgan fingerprint density at radius 1 is 1.00 bits per heavy atom. The Labute approximate surface area is 82.3 Å². The molecule has 0 bridgehead atoms. The van der Waals surface area contributed by atoms with E-state index in [1.165, 1.54) is 6.26 Å². The van der Waals surface area contributed by atoms with E-state index >= 15 is 0 Å². The molecule has 0 unspecified atom stereocenters. The summed E-state index contributed by atoms with van der Waals surface area (Å²) in [6, 6.07) is 13.8. The van der Waals surface area contributed by atoms with Crippen LogP contribution < -0.4 is 4.89 Å². The number of rotatable bonds is 3. The first-order valence-corrected chi connectivity index (χ1v) is 4.34. The van der Waals surface area contributed by atoms with Crippen molar-refractivity contribution in [3.8, 4) is 5.75 Å². The molecule has 0 aromatic heterocycles. The molecule has 70 valence electrons. The summed E-state index contributed by atoms with van der Waals surface area (Å²) < 4.78 is 0. The second kappa shape index (κ2) is 3.83. The molecule has 0 aliphatic carbocycles. The molecule has 0 radical (unpaired) electrons. The Bertz CT molecular complexity index is 444. The highest BCUT2D eigenvalue weighted by Gasteiger charge is 2.00. The van der Waals surface area contributed by atoms with Crippen molar-refractivity contribution in [1.82, 2.24) is 0 Å². The van der Waals surface area contributed by atoms with Crippen molar-refractivity contribution in [2.45, 2.75) is 0 Å². The molecule has 2 rings (SSSR count). The van der Waals surface area contributed by atoms with Crippen molar-refractivity contribution in [3.05, 3.63) is 55.3 Å². The van der Waals surface area contributed by atoms with Crippen LogP contribution in [0.2, 0.25) is 0 Å². The summed E-state index contributed by atoms with van der Waals surface area (Å²) in [5.41, 5.74) is 0. The molecule has 0 spiro atoms. The van der Waals surface area contributed by atoms with Crippen LogP contribution in [0.5, 0.6) is 5.75 Å². The molecule has 14 heavy (non-hydrogen) atoms. The van der Waals surface area contributed by atoms with Gasteiger partial charge in [-0.2, -0.15) is 0 Å².